The predicted molar refractivity (Wildman–Crippen MR) is 108 cm³/mol. The van der Waals surface area contributed by atoms with Crippen LogP contribution in [0.4, 0.5) is 0 Å². The first kappa shape index (κ1) is 18.1. The molecule has 4 rings (SSSR count). The fourth-order valence-corrected chi connectivity index (χ4v) is 3.21. The van der Waals surface area contributed by atoms with E-state index < -0.39 is 0 Å². The predicted octanol–water partition coefficient (Wildman–Crippen LogP) is 6.95. The van der Waals surface area contributed by atoms with Crippen LogP contribution in [0.2, 0.25) is 0 Å². The van der Waals surface area contributed by atoms with Gasteiger partial charge in [-0.15, -0.1) is 0 Å². The molecule has 0 aliphatic heterocycles. The summed E-state index contributed by atoms with van der Waals surface area (Å²) in [6.45, 7) is 10.2. The maximum absolute atomic E-state index is 2.39. The molecule has 126 valence electrons. The highest BCUT2D eigenvalue weighted by Crippen LogP contribution is 2.34. The Balaban J connectivity index is 0.000000487. The summed E-state index contributed by atoms with van der Waals surface area (Å²) in [6.07, 6.45) is 6.86. The molecule has 1 heteroatoms. The molecule has 1 aromatic heterocycles. The Kier molecular flexibility index (Phi) is 6.43. The molecule has 24 heavy (non-hydrogen) atoms. The lowest BCUT2D eigenvalue weighted by atomic mass is 10.00. The third-order valence-corrected chi connectivity index (χ3v) is 4.12. The van der Waals surface area contributed by atoms with Crippen molar-refractivity contribution in [2.24, 2.45) is 0 Å². The van der Waals surface area contributed by atoms with Crippen molar-refractivity contribution in [2.45, 2.75) is 47.5 Å². The zero-order chi connectivity index (χ0) is 17.5. The van der Waals surface area contributed by atoms with Gasteiger partial charge in [-0.2, -0.15) is 0 Å². The molecule has 0 bridgehead atoms. The number of hydrogen-bond acceptors (Lipinski definition) is 0. The molecule has 1 aliphatic rings. The van der Waals surface area contributed by atoms with Crippen LogP contribution in [0.25, 0.3) is 22.7 Å². The van der Waals surface area contributed by atoms with Crippen molar-refractivity contribution >= 4 is 17.0 Å². The van der Waals surface area contributed by atoms with E-state index in [1.165, 1.54) is 33.4 Å². The fraction of sp³-hybridized carbons (Fsp3) is 0.304. The number of fused-ring (bicyclic) bond motifs is 3. The van der Waals surface area contributed by atoms with Gasteiger partial charge in [-0.3, -0.25) is 0 Å². The van der Waals surface area contributed by atoms with Crippen molar-refractivity contribution in [2.75, 3.05) is 0 Å². The number of aromatic nitrogens is 1. The molecule has 0 unspecified atom stereocenters. The monoisotopic (exact) mass is 319 g/mol. The second-order valence-corrected chi connectivity index (χ2v) is 5.50. The molecule has 0 saturated heterocycles. The molecule has 0 amide bonds. The van der Waals surface area contributed by atoms with Gasteiger partial charge >= 0.3 is 0 Å². The Morgan fingerprint density at radius 1 is 0.875 bits per heavy atom. The topological polar surface area (TPSA) is 4.93 Å². The normalized spacial score (nSPS) is 11.9. The highest BCUT2D eigenvalue weighted by atomic mass is 15.0. The average Bonchev–Trinajstić information content (AvgIpc) is 2.99. The molecule has 0 saturated carbocycles. The van der Waals surface area contributed by atoms with Crippen molar-refractivity contribution in [1.82, 2.24) is 4.57 Å². The van der Waals surface area contributed by atoms with Crippen LogP contribution >= 0.6 is 0 Å². The second-order valence-electron chi connectivity index (χ2n) is 5.50. The Morgan fingerprint density at radius 2 is 1.58 bits per heavy atom. The Bertz CT molecular complexity index is 807. The van der Waals surface area contributed by atoms with Crippen molar-refractivity contribution < 1.29 is 0 Å². The van der Waals surface area contributed by atoms with Crippen LogP contribution < -0.4 is 0 Å². The van der Waals surface area contributed by atoms with Gasteiger partial charge in [0, 0.05) is 16.8 Å². The van der Waals surface area contributed by atoms with Gasteiger partial charge in [0.05, 0.1) is 5.52 Å². The SMILES string of the molecule is CC.CC.Cc1ccc2c(c1)c1c(n2-c2ccccc2)C=CCC1. The number of nitrogens with zero attached hydrogens (tertiary/aromatic N) is 1. The molecule has 1 heterocycles. The van der Waals surface area contributed by atoms with Crippen LogP contribution in [-0.2, 0) is 6.42 Å². The van der Waals surface area contributed by atoms with E-state index in [9.17, 15) is 0 Å². The minimum atomic E-state index is 1.14. The summed E-state index contributed by atoms with van der Waals surface area (Å²) in [7, 11) is 0. The maximum Gasteiger partial charge on any atom is 0.0537 e. The largest absolute Gasteiger partial charge is 0.310 e. The van der Waals surface area contributed by atoms with Crippen LogP contribution in [0.3, 0.4) is 0 Å². The van der Waals surface area contributed by atoms with E-state index in [1.54, 1.807) is 0 Å². The van der Waals surface area contributed by atoms with E-state index in [1.807, 2.05) is 27.7 Å². The minimum absolute atomic E-state index is 1.14. The smallest absolute Gasteiger partial charge is 0.0537 e. The highest BCUT2D eigenvalue weighted by Gasteiger charge is 2.17. The highest BCUT2D eigenvalue weighted by molar-refractivity contribution is 5.91. The molecule has 0 N–H and O–H groups in total. The minimum Gasteiger partial charge on any atom is -0.310 e. The summed E-state index contributed by atoms with van der Waals surface area (Å²) in [5.74, 6) is 0. The first-order valence-corrected chi connectivity index (χ1v) is 9.20. The lowest BCUT2D eigenvalue weighted by Gasteiger charge is -2.11. The van der Waals surface area contributed by atoms with Gasteiger partial charge in [0.1, 0.15) is 0 Å². The summed E-state index contributed by atoms with van der Waals surface area (Å²) in [5, 5.41) is 1.41. The van der Waals surface area contributed by atoms with Crippen molar-refractivity contribution in [3.8, 4) is 5.69 Å². The molecule has 1 aliphatic carbocycles. The Morgan fingerprint density at radius 3 is 2.29 bits per heavy atom. The van der Waals surface area contributed by atoms with Gasteiger partial charge in [0.2, 0.25) is 0 Å². The van der Waals surface area contributed by atoms with Gasteiger partial charge in [0.15, 0.2) is 0 Å². The summed E-state index contributed by atoms with van der Waals surface area (Å²) in [6, 6.07) is 17.4. The number of aryl methyl sites for hydroxylation is 2. The van der Waals surface area contributed by atoms with Crippen LogP contribution in [0.1, 0.15) is 50.9 Å². The van der Waals surface area contributed by atoms with Crippen LogP contribution in [0.5, 0.6) is 0 Å². The molecule has 3 aromatic rings. The lowest BCUT2D eigenvalue weighted by Crippen LogP contribution is -1.99. The van der Waals surface area contributed by atoms with Gasteiger partial charge < -0.3 is 4.57 Å². The van der Waals surface area contributed by atoms with Crippen molar-refractivity contribution in [3.05, 3.63) is 71.4 Å². The second kappa shape index (κ2) is 8.54. The average molecular weight is 319 g/mol. The van der Waals surface area contributed by atoms with Gasteiger partial charge in [-0.1, -0.05) is 63.6 Å². The first-order chi connectivity index (χ1) is 11.8. The first-order valence-electron chi connectivity index (χ1n) is 9.20. The number of hydrogen-bond donors (Lipinski definition) is 0. The fourth-order valence-electron chi connectivity index (χ4n) is 3.21. The molecule has 1 nitrogen and oxygen atoms in total. The van der Waals surface area contributed by atoms with E-state index in [4.69, 9.17) is 0 Å². The van der Waals surface area contributed by atoms with Crippen LogP contribution in [0.15, 0.2) is 54.6 Å². The number of benzene rings is 2. The summed E-state index contributed by atoms with van der Waals surface area (Å²) < 4.78 is 2.39. The van der Waals surface area contributed by atoms with Crippen LogP contribution in [-0.4, -0.2) is 4.57 Å². The summed E-state index contributed by atoms with van der Waals surface area (Å²) in [5.41, 5.74) is 6.74. The van der Waals surface area contributed by atoms with Crippen LogP contribution in [0, 0.1) is 6.92 Å². The van der Waals surface area contributed by atoms with Gasteiger partial charge in [-0.05, 0) is 55.7 Å². The molecule has 0 radical (unpaired) electrons. The van der Waals surface area contributed by atoms with E-state index in [-0.39, 0.29) is 0 Å². The van der Waals surface area contributed by atoms with E-state index in [2.05, 4.69) is 72.2 Å². The lowest BCUT2D eigenvalue weighted by molar-refractivity contribution is 0.967. The summed E-state index contributed by atoms with van der Waals surface area (Å²) in [4.78, 5) is 0. The maximum atomic E-state index is 2.39. The molecule has 0 atom stereocenters. The number of allylic oxidation sites excluding steroid dienone is 1. The number of para-hydroxylation sites is 1. The van der Waals surface area contributed by atoms with E-state index in [0.717, 1.165) is 12.8 Å². The van der Waals surface area contributed by atoms with Crippen molar-refractivity contribution in [1.29, 1.82) is 0 Å². The van der Waals surface area contributed by atoms with E-state index in [0.29, 0.717) is 0 Å². The zero-order valence-electron chi connectivity index (χ0n) is 15.6. The Labute approximate surface area is 146 Å². The van der Waals surface area contributed by atoms with E-state index >= 15 is 0 Å². The standard InChI is InChI=1S/C19H17N.2C2H6/c1-14-11-12-19-17(13-14)16-9-5-6-10-18(16)20(19)15-7-3-2-4-8-15;2*1-2/h2-4,6-8,10-13H,5,9H2,1H3;2*1-2H3. The summed E-state index contributed by atoms with van der Waals surface area (Å²) >= 11 is 0. The zero-order valence-corrected chi connectivity index (χ0v) is 15.6. The van der Waals surface area contributed by atoms with Gasteiger partial charge in [-0.25, -0.2) is 0 Å². The quantitative estimate of drug-likeness (QED) is 0.457. The molecular formula is C23H29N. The Hall–Kier alpha value is -2.28. The molecular weight excluding hydrogens is 290 g/mol. The third-order valence-electron chi connectivity index (χ3n) is 4.12. The van der Waals surface area contributed by atoms with Crippen molar-refractivity contribution in [3.63, 3.8) is 0 Å². The molecule has 2 aromatic carbocycles. The molecule has 0 fully saturated rings. The third kappa shape index (κ3) is 3.31. The van der Waals surface area contributed by atoms with Gasteiger partial charge in [0.25, 0.3) is 0 Å². The number of rotatable bonds is 1. The molecule has 0 spiro atoms.